The Balaban J connectivity index is 1.69. The summed E-state index contributed by atoms with van der Waals surface area (Å²) in [6.07, 6.45) is 0.440. The molecule has 0 unspecified atom stereocenters. The highest BCUT2D eigenvalue weighted by atomic mass is 19.1. The lowest BCUT2D eigenvalue weighted by molar-refractivity contribution is -0.128. The van der Waals surface area contributed by atoms with Gasteiger partial charge in [0.15, 0.2) is 0 Å². The van der Waals surface area contributed by atoms with Gasteiger partial charge in [0, 0.05) is 23.9 Å². The first kappa shape index (κ1) is 19.5. The molecule has 1 fully saturated rings. The fourth-order valence-electron chi connectivity index (χ4n) is 3.97. The van der Waals surface area contributed by atoms with E-state index in [-0.39, 0.29) is 35.6 Å². The third kappa shape index (κ3) is 3.74. The molecule has 4 nitrogen and oxygen atoms in total. The molecular formula is C22H21F3N2O2. The molecule has 1 atom stereocenters. The number of H-pyrrole nitrogens is 1. The van der Waals surface area contributed by atoms with Gasteiger partial charge in [0.1, 0.15) is 17.5 Å². The molecule has 1 amide bonds. The predicted molar refractivity (Wildman–Crippen MR) is 104 cm³/mol. The maximum Gasteiger partial charge on any atom is 0.223 e. The smallest absolute Gasteiger partial charge is 0.223 e. The Morgan fingerprint density at radius 2 is 1.86 bits per heavy atom. The standard InChI is InChI=1S/C22H21F3N2O2/c1-11(28)10-26-22(29)14-6-13(7-14)19-17-8-16(24)9-18(25)21(17)27-20(19)12-2-4-15(23)5-3-12/h2-5,8-9,11,13-14,27-28H,6-7,10H2,1H3,(H,26,29)/t11-,13?,14?/m1/s1. The average molecular weight is 402 g/mol. The van der Waals surface area contributed by atoms with Crippen LogP contribution in [0, 0.1) is 23.4 Å². The first-order chi connectivity index (χ1) is 13.8. The molecule has 1 saturated carbocycles. The van der Waals surface area contributed by atoms with Gasteiger partial charge in [-0.3, -0.25) is 4.79 Å². The van der Waals surface area contributed by atoms with Crippen molar-refractivity contribution in [3.8, 4) is 11.3 Å². The largest absolute Gasteiger partial charge is 0.392 e. The first-order valence-corrected chi connectivity index (χ1v) is 9.55. The fraction of sp³-hybridized carbons (Fsp3) is 0.318. The molecule has 7 heteroatoms. The van der Waals surface area contributed by atoms with Gasteiger partial charge in [-0.1, -0.05) is 0 Å². The van der Waals surface area contributed by atoms with Crippen LogP contribution in [0.3, 0.4) is 0 Å². The van der Waals surface area contributed by atoms with Crippen LogP contribution < -0.4 is 5.32 Å². The van der Waals surface area contributed by atoms with Crippen LogP contribution in [0.2, 0.25) is 0 Å². The van der Waals surface area contributed by atoms with Crippen molar-refractivity contribution < 1.29 is 23.1 Å². The maximum atomic E-state index is 14.4. The Morgan fingerprint density at radius 1 is 1.17 bits per heavy atom. The van der Waals surface area contributed by atoms with E-state index in [0.717, 1.165) is 11.6 Å². The highest BCUT2D eigenvalue weighted by Gasteiger charge is 2.38. The number of fused-ring (bicyclic) bond motifs is 1. The minimum Gasteiger partial charge on any atom is -0.392 e. The normalized spacial score (nSPS) is 19.8. The number of carbonyl (C=O) groups is 1. The predicted octanol–water partition coefficient (Wildman–Crippen LogP) is 4.24. The fourth-order valence-corrected chi connectivity index (χ4v) is 3.97. The Kier molecular flexibility index (Phi) is 5.08. The molecular weight excluding hydrogens is 381 g/mol. The van der Waals surface area contributed by atoms with E-state index < -0.39 is 17.7 Å². The van der Waals surface area contributed by atoms with Crippen molar-refractivity contribution in [1.82, 2.24) is 10.3 Å². The molecule has 152 valence electrons. The van der Waals surface area contributed by atoms with Gasteiger partial charge in [-0.2, -0.15) is 0 Å². The van der Waals surface area contributed by atoms with Crippen LogP contribution in [0.1, 0.15) is 31.2 Å². The average Bonchev–Trinajstić information content (AvgIpc) is 2.99. The number of hydrogen-bond acceptors (Lipinski definition) is 2. The lowest BCUT2D eigenvalue weighted by atomic mass is 9.70. The Labute approximate surface area is 165 Å². The number of aliphatic hydroxyl groups is 1. The van der Waals surface area contributed by atoms with Gasteiger partial charge >= 0.3 is 0 Å². The summed E-state index contributed by atoms with van der Waals surface area (Å²) in [5.74, 6) is -2.17. The molecule has 3 aromatic rings. The second kappa shape index (κ2) is 7.55. The summed E-state index contributed by atoms with van der Waals surface area (Å²) in [5, 5.41) is 12.5. The van der Waals surface area contributed by atoms with Crippen molar-refractivity contribution in [1.29, 1.82) is 0 Å². The van der Waals surface area contributed by atoms with Crippen LogP contribution in [0.25, 0.3) is 22.2 Å². The molecule has 0 aliphatic heterocycles. The minimum absolute atomic E-state index is 0.0627. The Morgan fingerprint density at radius 3 is 2.52 bits per heavy atom. The zero-order chi connectivity index (χ0) is 20.7. The molecule has 29 heavy (non-hydrogen) atoms. The zero-order valence-corrected chi connectivity index (χ0v) is 15.8. The van der Waals surface area contributed by atoms with Crippen LogP contribution >= 0.6 is 0 Å². The van der Waals surface area contributed by atoms with Gasteiger partial charge in [0.2, 0.25) is 5.91 Å². The van der Waals surface area contributed by atoms with E-state index in [9.17, 15) is 23.1 Å². The monoisotopic (exact) mass is 402 g/mol. The molecule has 2 aromatic carbocycles. The number of aliphatic hydroxyl groups excluding tert-OH is 1. The van der Waals surface area contributed by atoms with Crippen molar-refractivity contribution in [3.63, 3.8) is 0 Å². The molecule has 1 aliphatic rings. The number of nitrogens with one attached hydrogen (secondary N) is 2. The van der Waals surface area contributed by atoms with E-state index in [1.54, 1.807) is 19.1 Å². The number of halogens is 3. The van der Waals surface area contributed by atoms with Gasteiger partial charge in [0.25, 0.3) is 0 Å². The van der Waals surface area contributed by atoms with Crippen LogP contribution in [0.15, 0.2) is 36.4 Å². The molecule has 0 spiro atoms. The van der Waals surface area contributed by atoms with E-state index in [2.05, 4.69) is 10.3 Å². The molecule has 0 bridgehead atoms. The van der Waals surface area contributed by atoms with Crippen molar-refractivity contribution in [2.45, 2.75) is 31.8 Å². The number of amides is 1. The van der Waals surface area contributed by atoms with E-state index in [4.69, 9.17) is 0 Å². The number of carbonyl (C=O) groups excluding carboxylic acids is 1. The summed E-state index contributed by atoms with van der Waals surface area (Å²) in [7, 11) is 0. The first-order valence-electron chi connectivity index (χ1n) is 9.55. The number of aromatic amines is 1. The highest BCUT2D eigenvalue weighted by Crippen LogP contribution is 2.48. The van der Waals surface area contributed by atoms with Gasteiger partial charge in [-0.25, -0.2) is 13.2 Å². The Bertz CT molecular complexity index is 1050. The summed E-state index contributed by atoms with van der Waals surface area (Å²) in [5.41, 5.74) is 2.21. The van der Waals surface area contributed by atoms with Gasteiger partial charge in [0.05, 0.1) is 17.3 Å². The summed E-state index contributed by atoms with van der Waals surface area (Å²) in [4.78, 5) is 15.2. The molecule has 0 radical (unpaired) electrons. The molecule has 1 aliphatic carbocycles. The molecule has 1 aromatic heterocycles. The van der Waals surface area contributed by atoms with E-state index >= 15 is 0 Å². The van der Waals surface area contributed by atoms with Crippen LogP contribution in [0.4, 0.5) is 13.2 Å². The summed E-state index contributed by atoms with van der Waals surface area (Å²) in [6.45, 7) is 1.78. The van der Waals surface area contributed by atoms with Crippen LogP contribution in [-0.4, -0.2) is 28.6 Å². The third-order valence-electron chi connectivity index (χ3n) is 5.49. The van der Waals surface area contributed by atoms with Gasteiger partial charge in [-0.15, -0.1) is 0 Å². The van der Waals surface area contributed by atoms with Gasteiger partial charge < -0.3 is 15.4 Å². The molecule has 4 rings (SSSR count). The SMILES string of the molecule is C[C@@H](O)CNC(=O)C1CC(c2c(-c3ccc(F)cc3)[nH]c3c(F)cc(F)cc23)C1. The molecule has 1 heterocycles. The van der Waals surface area contributed by atoms with Crippen molar-refractivity contribution in [3.05, 3.63) is 59.4 Å². The highest BCUT2D eigenvalue weighted by molar-refractivity contribution is 5.92. The van der Waals surface area contributed by atoms with E-state index in [1.807, 2.05) is 0 Å². The van der Waals surface area contributed by atoms with Crippen molar-refractivity contribution in [2.75, 3.05) is 6.54 Å². The van der Waals surface area contributed by atoms with Crippen LogP contribution in [-0.2, 0) is 4.79 Å². The lowest BCUT2D eigenvalue weighted by Gasteiger charge is -2.35. The quantitative estimate of drug-likeness (QED) is 0.598. The number of benzene rings is 2. The third-order valence-corrected chi connectivity index (χ3v) is 5.49. The van der Waals surface area contributed by atoms with E-state index in [1.165, 1.54) is 18.2 Å². The van der Waals surface area contributed by atoms with Gasteiger partial charge in [-0.05, 0) is 67.1 Å². The summed E-state index contributed by atoms with van der Waals surface area (Å²) < 4.78 is 41.6. The zero-order valence-electron chi connectivity index (χ0n) is 15.8. The van der Waals surface area contributed by atoms with Crippen LogP contribution in [0.5, 0.6) is 0 Å². The topological polar surface area (TPSA) is 65.1 Å². The number of hydrogen-bond donors (Lipinski definition) is 3. The minimum atomic E-state index is -0.694. The second-order valence-electron chi connectivity index (χ2n) is 7.69. The van der Waals surface area contributed by atoms with Crippen molar-refractivity contribution >= 4 is 16.8 Å². The Hall–Kier alpha value is -2.80. The maximum absolute atomic E-state index is 14.4. The second-order valence-corrected chi connectivity index (χ2v) is 7.69. The summed E-state index contributed by atoms with van der Waals surface area (Å²) >= 11 is 0. The number of aromatic nitrogens is 1. The summed E-state index contributed by atoms with van der Waals surface area (Å²) in [6, 6.07) is 7.91. The molecule has 0 saturated heterocycles. The van der Waals surface area contributed by atoms with E-state index in [0.29, 0.717) is 29.5 Å². The molecule has 3 N–H and O–H groups in total. The number of rotatable bonds is 5. The van der Waals surface area contributed by atoms with Crippen molar-refractivity contribution in [2.24, 2.45) is 5.92 Å². The lowest BCUT2D eigenvalue weighted by Crippen LogP contribution is -2.40.